The Hall–Kier alpha value is -1.49. The number of pyridine rings is 1. The standard InChI is InChI=1S/C10H14FN3O/c1-2-3-8(12)10(15)14-9-5-4-7(11)6-13-9/h4-6,8H,2-3,12H2,1H3,(H,13,14,15). The molecule has 1 rings (SSSR count). The van der Waals surface area contributed by atoms with Crippen molar-refractivity contribution in [1.29, 1.82) is 0 Å². The lowest BCUT2D eigenvalue weighted by Crippen LogP contribution is -2.35. The van der Waals surface area contributed by atoms with E-state index >= 15 is 0 Å². The van der Waals surface area contributed by atoms with Crippen molar-refractivity contribution in [2.24, 2.45) is 5.73 Å². The van der Waals surface area contributed by atoms with E-state index in [9.17, 15) is 9.18 Å². The summed E-state index contributed by atoms with van der Waals surface area (Å²) in [6, 6.07) is 2.08. The fraction of sp³-hybridized carbons (Fsp3) is 0.400. The van der Waals surface area contributed by atoms with Crippen LogP contribution in [0.1, 0.15) is 19.8 Å². The van der Waals surface area contributed by atoms with Gasteiger partial charge in [0.15, 0.2) is 0 Å². The molecule has 5 heteroatoms. The summed E-state index contributed by atoms with van der Waals surface area (Å²) < 4.78 is 12.5. The number of carbonyl (C=O) groups excluding carboxylic acids is 1. The van der Waals surface area contributed by atoms with E-state index in [1.165, 1.54) is 12.1 Å². The monoisotopic (exact) mass is 211 g/mol. The van der Waals surface area contributed by atoms with Crippen LogP contribution < -0.4 is 11.1 Å². The number of hydrogen-bond donors (Lipinski definition) is 2. The minimum absolute atomic E-state index is 0.295. The highest BCUT2D eigenvalue weighted by atomic mass is 19.1. The molecule has 0 aliphatic rings. The molecule has 1 atom stereocenters. The van der Waals surface area contributed by atoms with Crippen LogP contribution in [-0.4, -0.2) is 16.9 Å². The maximum absolute atomic E-state index is 12.5. The zero-order chi connectivity index (χ0) is 11.3. The number of halogens is 1. The molecule has 1 unspecified atom stereocenters. The van der Waals surface area contributed by atoms with E-state index in [0.29, 0.717) is 12.2 Å². The van der Waals surface area contributed by atoms with E-state index in [1.807, 2.05) is 6.92 Å². The highest BCUT2D eigenvalue weighted by molar-refractivity contribution is 5.93. The van der Waals surface area contributed by atoms with Crippen molar-refractivity contribution in [3.8, 4) is 0 Å². The van der Waals surface area contributed by atoms with Gasteiger partial charge in [-0.2, -0.15) is 0 Å². The lowest BCUT2D eigenvalue weighted by Gasteiger charge is -2.10. The Labute approximate surface area is 87.7 Å². The summed E-state index contributed by atoms with van der Waals surface area (Å²) in [4.78, 5) is 15.1. The maximum Gasteiger partial charge on any atom is 0.242 e. The first-order valence-corrected chi connectivity index (χ1v) is 4.81. The molecule has 1 amide bonds. The molecule has 1 aromatic heterocycles. The van der Waals surface area contributed by atoms with Crippen LogP contribution in [0.4, 0.5) is 10.2 Å². The van der Waals surface area contributed by atoms with Gasteiger partial charge >= 0.3 is 0 Å². The Bertz CT molecular complexity index is 326. The number of nitrogens with one attached hydrogen (secondary N) is 1. The average molecular weight is 211 g/mol. The summed E-state index contributed by atoms with van der Waals surface area (Å²) in [7, 11) is 0. The fourth-order valence-corrected chi connectivity index (χ4v) is 1.11. The molecule has 0 saturated heterocycles. The average Bonchev–Trinajstić information content (AvgIpc) is 2.22. The number of nitrogens with zero attached hydrogens (tertiary/aromatic N) is 1. The van der Waals surface area contributed by atoms with Crippen molar-refractivity contribution in [3.05, 3.63) is 24.1 Å². The number of aromatic nitrogens is 1. The van der Waals surface area contributed by atoms with E-state index in [-0.39, 0.29) is 5.91 Å². The second-order valence-electron chi connectivity index (χ2n) is 3.25. The van der Waals surface area contributed by atoms with Crippen molar-refractivity contribution < 1.29 is 9.18 Å². The Morgan fingerprint density at radius 2 is 2.40 bits per heavy atom. The first-order valence-electron chi connectivity index (χ1n) is 4.81. The van der Waals surface area contributed by atoms with Gasteiger partial charge in [-0.05, 0) is 18.6 Å². The summed E-state index contributed by atoms with van der Waals surface area (Å²) >= 11 is 0. The molecular formula is C10H14FN3O. The summed E-state index contributed by atoms with van der Waals surface area (Å²) in [5, 5.41) is 2.51. The third-order valence-corrected chi connectivity index (χ3v) is 1.92. The molecular weight excluding hydrogens is 197 g/mol. The van der Waals surface area contributed by atoms with Gasteiger partial charge in [0.05, 0.1) is 12.2 Å². The van der Waals surface area contributed by atoms with Crippen LogP contribution in [0, 0.1) is 5.82 Å². The van der Waals surface area contributed by atoms with Crippen LogP contribution in [0.5, 0.6) is 0 Å². The summed E-state index contributed by atoms with van der Waals surface area (Å²) in [5.74, 6) is -0.422. The molecule has 0 aromatic carbocycles. The van der Waals surface area contributed by atoms with E-state index in [2.05, 4.69) is 10.3 Å². The molecule has 0 spiro atoms. The number of anilines is 1. The Morgan fingerprint density at radius 3 is 2.93 bits per heavy atom. The molecule has 0 saturated carbocycles. The first kappa shape index (κ1) is 11.6. The molecule has 0 aliphatic carbocycles. The second kappa shape index (κ2) is 5.41. The molecule has 82 valence electrons. The maximum atomic E-state index is 12.5. The molecule has 15 heavy (non-hydrogen) atoms. The highest BCUT2D eigenvalue weighted by Gasteiger charge is 2.12. The molecule has 0 bridgehead atoms. The van der Waals surface area contributed by atoms with Crippen LogP contribution in [0.25, 0.3) is 0 Å². The van der Waals surface area contributed by atoms with Crippen LogP contribution in [-0.2, 0) is 4.79 Å². The number of nitrogens with two attached hydrogens (primary N) is 1. The van der Waals surface area contributed by atoms with Crippen LogP contribution >= 0.6 is 0 Å². The van der Waals surface area contributed by atoms with Gasteiger partial charge < -0.3 is 11.1 Å². The first-order chi connectivity index (χ1) is 7.13. The zero-order valence-electron chi connectivity index (χ0n) is 8.53. The minimum atomic E-state index is -0.540. The molecule has 0 fully saturated rings. The lowest BCUT2D eigenvalue weighted by molar-refractivity contribution is -0.117. The van der Waals surface area contributed by atoms with E-state index in [0.717, 1.165) is 12.6 Å². The van der Waals surface area contributed by atoms with Crippen molar-refractivity contribution in [2.45, 2.75) is 25.8 Å². The molecule has 0 radical (unpaired) electrons. The van der Waals surface area contributed by atoms with Crippen LogP contribution in [0.15, 0.2) is 18.3 Å². The van der Waals surface area contributed by atoms with Crippen molar-refractivity contribution in [1.82, 2.24) is 4.98 Å². The molecule has 1 aromatic rings. The van der Waals surface area contributed by atoms with E-state index in [4.69, 9.17) is 5.73 Å². The SMILES string of the molecule is CCCC(N)C(=O)Nc1ccc(F)cn1. The van der Waals surface area contributed by atoms with E-state index < -0.39 is 11.9 Å². The van der Waals surface area contributed by atoms with Gasteiger partial charge in [0, 0.05) is 0 Å². The van der Waals surface area contributed by atoms with Gasteiger partial charge in [-0.1, -0.05) is 13.3 Å². The predicted octanol–water partition coefficient (Wildman–Crippen LogP) is 1.29. The summed E-state index contributed by atoms with van der Waals surface area (Å²) in [6.07, 6.45) is 2.50. The third-order valence-electron chi connectivity index (χ3n) is 1.92. The highest BCUT2D eigenvalue weighted by Crippen LogP contribution is 2.04. The van der Waals surface area contributed by atoms with Gasteiger partial charge in [-0.15, -0.1) is 0 Å². The van der Waals surface area contributed by atoms with Crippen molar-refractivity contribution >= 4 is 11.7 Å². The van der Waals surface area contributed by atoms with Gasteiger partial charge in [0.25, 0.3) is 0 Å². The smallest absolute Gasteiger partial charge is 0.242 e. The third kappa shape index (κ3) is 3.63. The van der Waals surface area contributed by atoms with Crippen LogP contribution in [0.2, 0.25) is 0 Å². The molecule has 1 heterocycles. The van der Waals surface area contributed by atoms with Gasteiger partial charge in [-0.25, -0.2) is 9.37 Å². The van der Waals surface area contributed by atoms with Gasteiger partial charge in [0.1, 0.15) is 11.6 Å². The lowest BCUT2D eigenvalue weighted by atomic mass is 10.2. The van der Waals surface area contributed by atoms with E-state index in [1.54, 1.807) is 0 Å². The number of rotatable bonds is 4. The molecule has 4 nitrogen and oxygen atoms in total. The number of hydrogen-bond acceptors (Lipinski definition) is 3. The Kier molecular flexibility index (Phi) is 4.17. The van der Waals surface area contributed by atoms with Crippen molar-refractivity contribution in [3.63, 3.8) is 0 Å². The van der Waals surface area contributed by atoms with Crippen molar-refractivity contribution in [2.75, 3.05) is 5.32 Å². The summed E-state index contributed by atoms with van der Waals surface area (Å²) in [5.41, 5.74) is 5.59. The van der Waals surface area contributed by atoms with Gasteiger partial charge in [-0.3, -0.25) is 4.79 Å². The zero-order valence-corrected chi connectivity index (χ0v) is 8.53. The Morgan fingerprint density at radius 1 is 1.67 bits per heavy atom. The quantitative estimate of drug-likeness (QED) is 0.788. The summed E-state index contributed by atoms with van der Waals surface area (Å²) in [6.45, 7) is 1.95. The van der Waals surface area contributed by atoms with Gasteiger partial charge in [0.2, 0.25) is 5.91 Å². The predicted molar refractivity (Wildman–Crippen MR) is 55.7 cm³/mol. The number of amides is 1. The molecule has 0 aliphatic heterocycles. The topological polar surface area (TPSA) is 68.0 Å². The largest absolute Gasteiger partial charge is 0.320 e. The fourth-order valence-electron chi connectivity index (χ4n) is 1.11. The Balaban J connectivity index is 2.54. The normalized spacial score (nSPS) is 12.2. The minimum Gasteiger partial charge on any atom is -0.320 e. The van der Waals surface area contributed by atoms with Crippen LogP contribution in [0.3, 0.4) is 0 Å². The second-order valence-corrected chi connectivity index (χ2v) is 3.25. The number of carbonyl (C=O) groups is 1. The molecule has 3 N–H and O–H groups in total.